The Labute approximate surface area is 110 Å². The SMILES string of the molecule is CC(C)N1[C]N(C(C)C)C=C1.[Cl][Al]([Cl])[Cl]. The van der Waals surface area contributed by atoms with Crippen LogP contribution in [-0.2, 0) is 0 Å². The summed E-state index contributed by atoms with van der Waals surface area (Å²) in [6.07, 6.45) is 4.12. The van der Waals surface area contributed by atoms with Gasteiger partial charge in [0.1, 0.15) is 0 Å². The van der Waals surface area contributed by atoms with E-state index in [0.717, 1.165) is 0 Å². The predicted octanol–water partition coefficient (Wildman–Crippen LogP) is 3.58. The maximum absolute atomic E-state index is 4.94. The van der Waals surface area contributed by atoms with Gasteiger partial charge in [-0.1, -0.05) is 0 Å². The van der Waals surface area contributed by atoms with Crippen LogP contribution >= 0.6 is 30.1 Å². The van der Waals surface area contributed by atoms with Crippen LogP contribution in [0, 0.1) is 6.67 Å². The molecule has 1 heterocycles. The molecule has 0 spiro atoms. The van der Waals surface area contributed by atoms with Crippen LogP contribution in [0.1, 0.15) is 27.7 Å². The molecule has 86 valence electrons. The molecule has 1 rings (SSSR count). The molecule has 6 heteroatoms. The van der Waals surface area contributed by atoms with Crippen molar-refractivity contribution in [3.63, 3.8) is 0 Å². The van der Waals surface area contributed by atoms with Crippen LogP contribution in [0.25, 0.3) is 0 Å². The molecule has 2 nitrogen and oxygen atoms in total. The highest BCUT2D eigenvalue weighted by molar-refractivity contribution is 7.54. The molecule has 0 N–H and O–H groups in total. The fraction of sp³-hybridized carbons (Fsp3) is 0.667. The van der Waals surface area contributed by atoms with E-state index in [1.54, 1.807) is 0 Å². The first-order chi connectivity index (χ1) is 6.84. The molecule has 0 unspecified atom stereocenters. The zero-order chi connectivity index (χ0) is 12.0. The Kier molecular flexibility index (Phi) is 8.32. The Balaban J connectivity index is 0.000000423. The third kappa shape index (κ3) is 7.60. The third-order valence-electron chi connectivity index (χ3n) is 1.73. The molecule has 0 aromatic carbocycles. The second-order valence-corrected chi connectivity index (χ2v) is 10.1. The van der Waals surface area contributed by atoms with E-state index in [-0.39, 0.29) is 0 Å². The van der Waals surface area contributed by atoms with Crippen LogP contribution in [0.3, 0.4) is 0 Å². The minimum Gasteiger partial charge on any atom is -0.344 e. The lowest BCUT2D eigenvalue weighted by atomic mass is 10.3. The molecule has 0 amide bonds. The molecule has 1 aliphatic heterocycles. The molecule has 0 saturated heterocycles. The van der Waals surface area contributed by atoms with Crippen LogP contribution in [0.4, 0.5) is 0 Å². The number of hydrogen-bond donors (Lipinski definition) is 0. The average molecular weight is 286 g/mol. The second kappa shape index (κ2) is 7.93. The zero-order valence-electron chi connectivity index (χ0n) is 9.42. The lowest BCUT2D eigenvalue weighted by Gasteiger charge is -2.24. The Hall–Kier alpha value is 0.742. The summed E-state index contributed by atoms with van der Waals surface area (Å²) in [5.74, 6) is 0. The second-order valence-electron chi connectivity index (χ2n) is 3.65. The van der Waals surface area contributed by atoms with Crippen molar-refractivity contribution in [2.24, 2.45) is 0 Å². The van der Waals surface area contributed by atoms with Gasteiger partial charge in [0.2, 0.25) is 6.67 Å². The number of halogens is 3. The minimum absolute atomic E-state index is 0.509. The Bertz CT molecular complexity index is 179. The summed E-state index contributed by atoms with van der Waals surface area (Å²) in [7, 11) is 14.8. The molecular formula is C9H16AlCl3N2. The van der Waals surface area contributed by atoms with Gasteiger partial charge in [-0.25, -0.2) is 30.1 Å². The molecule has 0 aliphatic carbocycles. The minimum atomic E-state index is -1.72. The van der Waals surface area contributed by atoms with Gasteiger partial charge in [0, 0.05) is 24.5 Å². The predicted molar refractivity (Wildman–Crippen MR) is 69.6 cm³/mol. The number of nitrogens with zero attached hydrogens (tertiary/aromatic N) is 2. The normalized spacial score (nSPS) is 14.7. The van der Waals surface area contributed by atoms with E-state index in [1.807, 2.05) is 0 Å². The lowest BCUT2D eigenvalue weighted by molar-refractivity contribution is 0.273. The summed E-state index contributed by atoms with van der Waals surface area (Å²) >= 11 is -1.72. The summed E-state index contributed by atoms with van der Waals surface area (Å²) in [5.41, 5.74) is 0. The van der Waals surface area contributed by atoms with Crippen LogP contribution in [0.15, 0.2) is 12.4 Å². The van der Waals surface area contributed by atoms with Crippen molar-refractivity contribution in [2.75, 3.05) is 0 Å². The van der Waals surface area contributed by atoms with Gasteiger partial charge in [0.05, 0.1) is 0 Å². The van der Waals surface area contributed by atoms with Crippen LogP contribution in [-0.4, -0.2) is 33.3 Å². The molecular weight excluding hydrogens is 269 g/mol. The maximum Gasteiger partial charge on any atom is 0.643 e. The maximum atomic E-state index is 4.94. The molecule has 0 saturated carbocycles. The van der Waals surface area contributed by atoms with Gasteiger partial charge in [-0.05, 0) is 27.7 Å². The van der Waals surface area contributed by atoms with Crippen molar-refractivity contribution in [1.82, 2.24) is 9.80 Å². The van der Waals surface area contributed by atoms with Crippen molar-refractivity contribution in [2.45, 2.75) is 39.8 Å². The van der Waals surface area contributed by atoms with Crippen LogP contribution in [0.5, 0.6) is 0 Å². The summed E-state index contributed by atoms with van der Waals surface area (Å²) in [6, 6.07) is 1.02. The van der Waals surface area contributed by atoms with E-state index in [4.69, 9.17) is 30.1 Å². The standard InChI is InChI=1S/C9H16N2.Al.3ClH/c1-8(2)10-5-6-11(7-10)9(3)4;;;;/h5-6,8-9H,1-4H3;;3*1H/q;+3;;;/p-3. The zero-order valence-corrected chi connectivity index (χ0v) is 12.8. The molecule has 0 fully saturated rings. The lowest BCUT2D eigenvalue weighted by Crippen LogP contribution is -2.28. The first-order valence-corrected chi connectivity index (χ1v) is 10.0. The molecule has 0 atom stereocenters. The highest BCUT2D eigenvalue weighted by Crippen LogP contribution is 2.16. The monoisotopic (exact) mass is 284 g/mol. The molecule has 15 heavy (non-hydrogen) atoms. The van der Waals surface area contributed by atoms with Crippen molar-refractivity contribution in [3.05, 3.63) is 19.1 Å². The Morgan fingerprint density at radius 3 is 1.33 bits per heavy atom. The Morgan fingerprint density at radius 2 is 1.20 bits per heavy atom. The van der Waals surface area contributed by atoms with E-state index >= 15 is 0 Å². The highest BCUT2D eigenvalue weighted by atomic mass is 35.8. The van der Waals surface area contributed by atoms with E-state index in [2.05, 4.69) is 56.6 Å². The largest absolute Gasteiger partial charge is 0.643 e. The summed E-state index contributed by atoms with van der Waals surface area (Å²) in [5, 5.41) is 0. The van der Waals surface area contributed by atoms with Gasteiger partial charge < -0.3 is 9.80 Å². The van der Waals surface area contributed by atoms with Gasteiger partial charge in [0.15, 0.2) is 0 Å². The molecule has 2 radical (unpaired) electrons. The van der Waals surface area contributed by atoms with Gasteiger partial charge in [-0.2, -0.15) is 0 Å². The van der Waals surface area contributed by atoms with Crippen molar-refractivity contribution >= 4 is 41.5 Å². The fourth-order valence-corrected chi connectivity index (χ4v) is 0.919. The Morgan fingerprint density at radius 1 is 0.933 bits per heavy atom. The quantitative estimate of drug-likeness (QED) is 0.716. The summed E-state index contributed by atoms with van der Waals surface area (Å²) in [6.45, 7) is 11.9. The first kappa shape index (κ1) is 15.7. The molecule has 0 bridgehead atoms. The van der Waals surface area contributed by atoms with Gasteiger partial charge >= 0.3 is 11.4 Å². The fourth-order valence-electron chi connectivity index (χ4n) is 0.919. The summed E-state index contributed by atoms with van der Waals surface area (Å²) < 4.78 is 0. The third-order valence-corrected chi connectivity index (χ3v) is 1.73. The molecule has 0 aromatic heterocycles. The number of rotatable bonds is 2. The molecule has 1 aliphatic rings. The highest BCUT2D eigenvalue weighted by Gasteiger charge is 2.18. The average Bonchev–Trinajstić information content (AvgIpc) is 2.49. The smallest absolute Gasteiger partial charge is 0.344 e. The van der Waals surface area contributed by atoms with Crippen LogP contribution < -0.4 is 0 Å². The van der Waals surface area contributed by atoms with E-state index in [0.29, 0.717) is 12.1 Å². The van der Waals surface area contributed by atoms with Gasteiger partial charge in [0.25, 0.3) is 0 Å². The summed E-state index contributed by atoms with van der Waals surface area (Å²) in [4.78, 5) is 4.17. The topological polar surface area (TPSA) is 6.48 Å². The van der Waals surface area contributed by atoms with Gasteiger partial charge in [-0.15, -0.1) is 0 Å². The molecule has 0 aromatic rings. The van der Waals surface area contributed by atoms with Crippen molar-refractivity contribution in [3.8, 4) is 0 Å². The first-order valence-electron chi connectivity index (χ1n) is 4.78. The number of hydrogen-bond acceptors (Lipinski definition) is 2. The van der Waals surface area contributed by atoms with Crippen molar-refractivity contribution in [1.29, 1.82) is 0 Å². The van der Waals surface area contributed by atoms with E-state index in [1.165, 1.54) is 0 Å². The van der Waals surface area contributed by atoms with Crippen molar-refractivity contribution < 1.29 is 0 Å². The van der Waals surface area contributed by atoms with E-state index in [9.17, 15) is 0 Å². The van der Waals surface area contributed by atoms with E-state index < -0.39 is 11.4 Å². The van der Waals surface area contributed by atoms with Gasteiger partial charge in [-0.3, -0.25) is 0 Å². The van der Waals surface area contributed by atoms with Crippen LogP contribution in [0.2, 0.25) is 0 Å².